The van der Waals surface area contributed by atoms with E-state index in [2.05, 4.69) is 12.2 Å². The van der Waals surface area contributed by atoms with Crippen LogP contribution < -0.4 is 5.32 Å². The maximum Gasteiger partial charge on any atom is 0.151 e. The van der Waals surface area contributed by atoms with Crippen molar-refractivity contribution in [2.24, 2.45) is 5.92 Å². The molecule has 1 N–H and O–H groups in total. The van der Waals surface area contributed by atoms with Gasteiger partial charge in [0.25, 0.3) is 0 Å². The van der Waals surface area contributed by atoms with Gasteiger partial charge in [-0.2, -0.15) is 0 Å². The summed E-state index contributed by atoms with van der Waals surface area (Å²) in [6.45, 7) is 2.20. The van der Waals surface area contributed by atoms with E-state index >= 15 is 0 Å². The van der Waals surface area contributed by atoms with E-state index in [1.165, 1.54) is 25.5 Å². The molecular weight excluding hydrogens is 222 g/mol. The predicted molar refractivity (Wildman–Crippen MR) is 66.2 cm³/mol. The molecular formula is C12H23NO2S. The third-order valence-electron chi connectivity index (χ3n) is 4.06. The minimum Gasteiger partial charge on any atom is -0.310 e. The molecule has 0 aromatic heterocycles. The van der Waals surface area contributed by atoms with Crippen LogP contribution in [-0.2, 0) is 9.84 Å². The van der Waals surface area contributed by atoms with Crippen LogP contribution in [-0.4, -0.2) is 32.0 Å². The van der Waals surface area contributed by atoms with E-state index in [9.17, 15) is 8.42 Å². The Kier molecular flexibility index (Phi) is 3.59. The zero-order valence-electron chi connectivity index (χ0n) is 10.3. The highest BCUT2D eigenvalue weighted by Gasteiger charge is 2.36. The van der Waals surface area contributed by atoms with Gasteiger partial charge in [-0.25, -0.2) is 8.42 Å². The summed E-state index contributed by atoms with van der Waals surface area (Å²) in [6.07, 6.45) is 8.10. The highest BCUT2D eigenvalue weighted by atomic mass is 32.2. The lowest BCUT2D eigenvalue weighted by Crippen LogP contribution is -2.49. The van der Waals surface area contributed by atoms with E-state index in [1.807, 2.05) is 0 Å². The molecule has 0 spiro atoms. The van der Waals surface area contributed by atoms with Crippen LogP contribution in [0.25, 0.3) is 0 Å². The molecule has 3 unspecified atom stereocenters. The van der Waals surface area contributed by atoms with Crippen LogP contribution >= 0.6 is 0 Å². The molecule has 2 saturated carbocycles. The van der Waals surface area contributed by atoms with Gasteiger partial charge in [0.1, 0.15) is 0 Å². The first-order valence-corrected chi connectivity index (χ1v) is 8.39. The van der Waals surface area contributed by atoms with Gasteiger partial charge in [-0.05, 0) is 38.5 Å². The lowest BCUT2D eigenvalue weighted by atomic mass is 9.94. The van der Waals surface area contributed by atoms with Crippen molar-refractivity contribution >= 4 is 9.84 Å². The third-order valence-corrected chi connectivity index (χ3v) is 5.72. The van der Waals surface area contributed by atoms with Crippen molar-refractivity contribution in [3.8, 4) is 0 Å². The molecule has 2 aliphatic rings. The smallest absolute Gasteiger partial charge is 0.151 e. The fraction of sp³-hybridized carbons (Fsp3) is 1.00. The zero-order valence-corrected chi connectivity index (χ0v) is 11.1. The minimum atomic E-state index is -2.89. The first-order valence-electron chi connectivity index (χ1n) is 6.43. The second-order valence-corrected chi connectivity index (χ2v) is 7.82. The van der Waals surface area contributed by atoms with Crippen molar-refractivity contribution < 1.29 is 8.42 Å². The molecule has 0 saturated heterocycles. The van der Waals surface area contributed by atoms with Crippen LogP contribution in [0.3, 0.4) is 0 Å². The Morgan fingerprint density at radius 2 is 1.75 bits per heavy atom. The van der Waals surface area contributed by atoms with Gasteiger partial charge in [0.15, 0.2) is 9.84 Å². The lowest BCUT2D eigenvalue weighted by Gasteiger charge is -2.33. The summed E-state index contributed by atoms with van der Waals surface area (Å²) in [5, 5.41) is 3.41. The van der Waals surface area contributed by atoms with E-state index in [1.54, 1.807) is 0 Å². The van der Waals surface area contributed by atoms with Crippen molar-refractivity contribution in [1.82, 2.24) is 5.32 Å². The molecule has 0 heterocycles. The molecule has 4 heteroatoms. The summed E-state index contributed by atoms with van der Waals surface area (Å²) in [7, 11) is -2.89. The molecule has 2 rings (SSSR count). The summed E-state index contributed by atoms with van der Waals surface area (Å²) in [6, 6.07) is 0.687. The van der Waals surface area contributed by atoms with Gasteiger partial charge >= 0.3 is 0 Å². The summed E-state index contributed by atoms with van der Waals surface area (Å²) < 4.78 is 23.4. The Hall–Kier alpha value is -0.0900. The Morgan fingerprint density at radius 1 is 1.12 bits per heavy atom. The number of hydrogen-bond acceptors (Lipinski definition) is 3. The fourth-order valence-electron chi connectivity index (χ4n) is 2.87. The topological polar surface area (TPSA) is 46.2 Å². The monoisotopic (exact) mass is 245 g/mol. The van der Waals surface area contributed by atoms with Crippen molar-refractivity contribution in [1.29, 1.82) is 0 Å². The van der Waals surface area contributed by atoms with Crippen molar-refractivity contribution in [3.05, 3.63) is 0 Å². The second-order valence-electron chi connectivity index (χ2n) is 5.55. The molecule has 0 radical (unpaired) electrons. The molecule has 0 bridgehead atoms. The van der Waals surface area contributed by atoms with E-state index in [0.717, 1.165) is 25.2 Å². The van der Waals surface area contributed by atoms with E-state index in [0.29, 0.717) is 6.04 Å². The molecule has 94 valence electrons. The van der Waals surface area contributed by atoms with Crippen LogP contribution in [0.4, 0.5) is 0 Å². The van der Waals surface area contributed by atoms with Crippen molar-refractivity contribution in [3.63, 3.8) is 0 Å². The number of nitrogens with one attached hydrogen (secondary N) is 1. The minimum absolute atomic E-state index is 0.151. The average molecular weight is 245 g/mol. The Bertz CT molecular complexity index is 335. The highest BCUT2D eigenvalue weighted by Crippen LogP contribution is 2.34. The Labute approximate surface area is 98.9 Å². The van der Waals surface area contributed by atoms with Gasteiger partial charge in [0.2, 0.25) is 0 Å². The van der Waals surface area contributed by atoms with Gasteiger partial charge in [0.05, 0.1) is 5.25 Å². The van der Waals surface area contributed by atoms with Gasteiger partial charge < -0.3 is 5.32 Å². The molecule has 0 aromatic rings. The first-order chi connectivity index (χ1) is 7.48. The summed E-state index contributed by atoms with van der Waals surface area (Å²) in [5.74, 6) is 0.794. The van der Waals surface area contributed by atoms with Gasteiger partial charge in [-0.1, -0.05) is 12.8 Å². The number of rotatable bonds is 4. The maximum atomic E-state index is 11.7. The van der Waals surface area contributed by atoms with Crippen LogP contribution in [0, 0.1) is 5.92 Å². The number of hydrogen-bond donors (Lipinski definition) is 1. The molecule has 2 fully saturated rings. The van der Waals surface area contributed by atoms with Crippen LogP contribution in [0.15, 0.2) is 0 Å². The van der Waals surface area contributed by atoms with E-state index < -0.39 is 9.84 Å². The third kappa shape index (κ3) is 2.98. The van der Waals surface area contributed by atoms with Gasteiger partial charge in [0, 0.05) is 18.3 Å². The molecule has 0 aliphatic heterocycles. The lowest BCUT2D eigenvalue weighted by molar-refractivity contribution is 0.330. The Balaban J connectivity index is 1.98. The summed E-state index contributed by atoms with van der Waals surface area (Å²) in [4.78, 5) is 0. The van der Waals surface area contributed by atoms with E-state index in [-0.39, 0.29) is 11.3 Å². The highest BCUT2D eigenvalue weighted by molar-refractivity contribution is 7.91. The quantitative estimate of drug-likeness (QED) is 0.820. The normalized spacial score (nSPS) is 33.6. The van der Waals surface area contributed by atoms with Gasteiger partial charge in [-0.3, -0.25) is 0 Å². The summed E-state index contributed by atoms with van der Waals surface area (Å²) >= 11 is 0. The van der Waals surface area contributed by atoms with E-state index in [4.69, 9.17) is 0 Å². The molecule has 16 heavy (non-hydrogen) atoms. The maximum absolute atomic E-state index is 11.7. The average Bonchev–Trinajstić information content (AvgIpc) is 2.99. The Morgan fingerprint density at radius 3 is 2.31 bits per heavy atom. The van der Waals surface area contributed by atoms with Gasteiger partial charge in [-0.15, -0.1) is 0 Å². The van der Waals surface area contributed by atoms with Crippen molar-refractivity contribution in [2.75, 3.05) is 6.26 Å². The molecule has 2 aliphatic carbocycles. The second kappa shape index (κ2) is 4.65. The van der Waals surface area contributed by atoms with Crippen LogP contribution in [0.2, 0.25) is 0 Å². The first kappa shape index (κ1) is 12.4. The molecule has 0 aromatic carbocycles. The largest absolute Gasteiger partial charge is 0.310 e. The molecule has 3 nitrogen and oxygen atoms in total. The van der Waals surface area contributed by atoms with Crippen LogP contribution in [0.1, 0.15) is 45.4 Å². The standard InChI is InChI=1S/C12H23NO2S/c1-9(10-7-8-10)13-11-5-3-4-6-12(11)16(2,14)15/h9-13H,3-8H2,1-2H3. The molecule has 3 atom stereocenters. The SMILES string of the molecule is CC(NC1CCCCC1S(C)(=O)=O)C1CC1. The predicted octanol–water partition coefficient (Wildman–Crippen LogP) is 1.73. The molecule has 0 amide bonds. The van der Waals surface area contributed by atoms with Crippen LogP contribution in [0.5, 0.6) is 0 Å². The number of sulfone groups is 1. The fourth-order valence-corrected chi connectivity index (χ4v) is 4.28. The summed E-state index contributed by atoms with van der Waals surface area (Å²) in [5.41, 5.74) is 0. The zero-order chi connectivity index (χ0) is 11.8. The van der Waals surface area contributed by atoms with Crippen molar-refractivity contribution in [2.45, 2.75) is 62.8 Å².